The maximum Gasteiger partial charge on any atom is 0.120 e. The van der Waals surface area contributed by atoms with E-state index in [-0.39, 0.29) is 18.3 Å². The van der Waals surface area contributed by atoms with Gasteiger partial charge in [0.05, 0.1) is 25.9 Å². The Labute approximate surface area is 223 Å². The first-order valence-electron chi connectivity index (χ1n) is 13.5. The van der Waals surface area contributed by atoms with Crippen LogP contribution in [0.15, 0.2) is 72.8 Å². The van der Waals surface area contributed by atoms with Crippen LogP contribution in [0.5, 0.6) is 23.0 Å². The zero-order chi connectivity index (χ0) is 25.7. The van der Waals surface area contributed by atoms with Gasteiger partial charge in [-0.1, -0.05) is 24.3 Å². The summed E-state index contributed by atoms with van der Waals surface area (Å²) in [6, 6.07) is 24.7. The molecule has 198 valence electrons. The van der Waals surface area contributed by atoms with E-state index in [1.165, 1.54) is 0 Å². The van der Waals surface area contributed by atoms with E-state index in [9.17, 15) is 0 Å². The van der Waals surface area contributed by atoms with Crippen molar-refractivity contribution in [2.24, 2.45) is 0 Å². The minimum absolute atomic E-state index is 0.136. The molecule has 4 aromatic rings. The first-order chi connectivity index (χ1) is 18.7. The van der Waals surface area contributed by atoms with Gasteiger partial charge in [-0.25, -0.2) is 0 Å². The Morgan fingerprint density at radius 1 is 0.632 bits per heavy atom. The number of hydrogen-bond acceptors (Lipinski definition) is 6. The van der Waals surface area contributed by atoms with Gasteiger partial charge >= 0.3 is 0 Å². The summed E-state index contributed by atoms with van der Waals surface area (Å²) in [4.78, 5) is 0. The van der Waals surface area contributed by atoms with Crippen molar-refractivity contribution in [1.29, 1.82) is 0 Å². The first kappa shape index (κ1) is 24.8. The average molecular weight is 515 g/mol. The van der Waals surface area contributed by atoms with Crippen molar-refractivity contribution in [3.05, 3.63) is 72.8 Å². The number of benzene rings is 4. The number of hydrogen-bond donors (Lipinski definition) is 0. The molecule has 2 saturated heterocycles. The van der Waals surface area contributed by atoms with Crippen molar-refractivity contribution in [2.75, 3.05) is 33.0 Å². The van der Waals surface area contributed by atoms with Crippen molar-refractivity contribution < 1.29 is 28.4 Å². The quantitative estimate of drug-likeness (QED) is 0.140. The summed E-state index contributed by atoms with van der Waals surface area (Å²) in [5.74, 6) is 3.54. The van der Waals surface area contributed by atoms with Crippen LogP contribution in [-0.4, -0.2) is 51.3 Å². The Balaban J connectivity index is 0.919. The van der Waals surface area contributed by atoms with E-state index in [0.717, 1.165) is 77.0 Å². The second-order valence-electron chi connectivity index (χ2n) is 10.1. The molecule has 0 N–H and O–H groups in total. The predicted molar refractivity (Wildman–Crippen MR) is 148 cm³/mol. The highest BCUT2D eigenvalue weighted by Crippen LogP contribution is 2.28. The van der Waals surface area contributed by atoms with Crippen LogP contribution >= 0.6 is 0 Å². The molecule has 3 atom stereocenters. The third-order valence-electron chi connectivity index (χ3n) is 6.85. The topological polar surface area (TPSA) is 62.0 Å². The summed E-state index contributed by atoms with van der Waals surface area (Å²) >= 11 is 0. The Morgan fingerprint density at radius 2 is 1.08 bits per heavy atom. The molecule has 6 nitrogen and oxygen atoms in total. The molecule has 2 heterocycles. The monoisotopic (exact) mass is 514 g/mol. The van der Waals surface area contributed by atoms with E-state index in [0.29, 0.717) is 19.8 Å². The lowest BCUT2D eigenvalue weighted by molar-refractivity contribution is 0.202. The summed E-state index contributed by atoms with van der Waals surface area (Å²) in [5, 5.41) is 4.57. The van der Waals surface area contributed by atoms with Crippen molar-refractivity contribution in [3.8, 4) is 23.0 Å². The molecule has 4 aromatic carbocycles. The summed E-state index contributed by atoms with van der Waals surface area (Å²) < 4.78 is 34.2. The third-order valence-corrected chi connectivity index (χ3v) is 6.85. The van der Waals surface area contributed by atoms with Crippen molar-refractivity contribution in [2.45, 2.75) is 44.5 Å². The smallest absolute Gasteiger partial charge is 0.120 e. The van der Waals surface area contributed by atoms with Gasteiger partial charge in [-0.15, -0.1) is 0 Å². The van der Waals surface area contributed by atoms with E-state index < -0.39 is 0 Å². The number of unbranched alkanes of at least 4 members (excludes halogenated alkanes) is 1. The maximum absolute atomic E-state index is 6.19. The van der Waals surface area contributed by atoms with E-state index in [1.807, 2.05) is 24.3 Å². The molecule has 0 bridgehead atoms. The number of rotatable bonds is 14. The fourth-order valence-electron chi connectivity index (χ4n) is 4.47. The molecular formula is C32H34O6. The van der Waals surface area contributed by atoms with Gasteiger partial charge in [-0.05, 0) is 96.3 Å². The number of epoxide rings is 2. The van der Waals surface area contributed by atoms with Gasteiger partial charge in [-0.3, -0.25) is 0 Å². The fourth-order valence-corrected chi connectivity index (χ4v) is 4.47. The third kappa shape index (κ3) is 6.88. The second-order valence-corrected chi connectivity index (χ2v) is 10.1. The van der Waals surface area contributed by atoms with E-state index in [4.69, 9.17) is 28.4 Å². The zero-order valence-corrected chi connectivity index (χ0v) is 21.8. The lowest BCUT2D eigenvalue weighted by Crippen LogP contribution is -2.12. The molecule has 0 saturated carbocycles. The van der Waals surface area contributed by atoms with Gasteiger partial charge in [-0.2, -0.15) is 0 Å². The molecule has 6 rings (SSSR count). The molecule has 2 aliphatic rings. The van der Waals surface area contributed by atoms with Crippen molar-refractivity contribution in [3.63, 3.8) is 0 Å². The lowest BCUT2D eigenvalue weighted by Gasteiger charge is -2.15. The normalized spacial score (nSPS) is 18.8. The summed E-state index contributed by atoms with van der Waals surface area (Å²) in [6.07, 6.45) is 3.65. The van der Waals surface area contributed by atoms with Gasteiger partial charge in [0.25, 0.3) is 0 Å². The van der Waals surface area contributed by atoms with Gasteiger partial charge < -0.3 is 28.4 Å². The van der Waals surface area contributed by atoms with Crippen molar-refractivity contribution in [1.82, 2.24) is 0 Å². The number of fused-ring (bicyclic) bond motifs is 2. The van der Waals surface area contributed by atoms with Gasteiger partial charge in [0.15, 0.2) is 0 Å². The van der Waals surface area contributed by atoms with Crippen LogP contribution in [-0.2, 0) is 9.47 Å². The van der Waals surface area contributed by atoms with Crippen LogP contribution in [0.3, 0.4) is 0 Å². The molecule has 2 fully saturated rings. The van der Waals surface area contributed by atoms with E-state index >= 15 is 0 Å². The average Bonchev–Trinajstić information content (AvgIpc) is 3.86. The predicted octanol–water partition coefficient (Wildman–Crippen LogP) is 6.56. The first-order valence-corrected chi connectivity index (χ1v) is 13.5. The highest BCUT2D eigenvalue weighted by Gasteiger charge is 2.23. The highest BCUT2D eigenvalue weighted by atomic mass is 16.6. The van der Waals surface area contributed by atoms with Crippen LogP contribution in [0.2, 0.25) is 0 Å². The minimum atomic E-state index is 0.136. The Hall–Kier alpha value is -3.48. The SMILES string of the molecule is CC(CCCCOc1ccc2cc(OCC3CO3)ccc2c1)Oc1ccc2cc(OCC3CO3)ccc2c1. The van der Waals surface area contributed by atoms with Crippen LogP contribution < -0.4 is 18.9 Å². The Morgan fingerprint density at radius 3 is 1.58 bits per heavy atom. The molecule has 38 heavy (non-hydrogen) atoms. The summed E-state index contributed by atoms with van der Waals surface area (Å²) in [5.41, 5.74) is 0. The molecular weight excluding hydrogens is 480 g/mol. The molecule has 0 spiro atoms. The fraction of sp³-hybridized carbons (Fsp3) is 0.375. The van der Waals surface area contributed by atoms with Crippen LogP contribution in [0.1, 0.15) is 26.2 Å². The van der Waals surface area contributed by atoms with Crippen LogP contribution in [0, 0.1) is 0 Å². The molecule has 0 amide bonds. The van der Waals surface area contributed by atoms with E-state index in [2.05, 4.69) is 55.5 Å². The van der Waals surface area contributed by atoms with Crippen molar-refractivity contribution >= 4 is 21.5 Å². The molecule has 3 unspecified atom stereocenters. The van der Waals surface area contributed by atoms with Gasteiger partial charge in [0.1, 0.15) is 48.4 Å². The molecule has 0 aromatic heterocycles. The van der Waals surface area contributed by atoms with Crippen LogP contribution in [0.4, 0.5) is 0 Å². The molecule has 0 aliphatic carbocycles. The summed E-state index contributed by atoms with van der Waals surface area (Å²) in [7, 11) is 0. The second kappa shape index (κ2) is 11.5. The Kier molecular flexibility index (Phi) is 7.52. The minimum Gasteiger partial charge on any atom is -0.494 e. The lowest BCUT2D eigenvalue weighted by atomic mass is 10.1. The zero-order valence-electron chi connectivity index (χ0n) is 21.8. The van der Waals surface area contributed by atoms with E-state index in [1.54, 1.807) is 0 Å². The molecule has 0 radical (unpaired) electrons. The van der Waals surface area contributed by atoms with Gasteiger partial charge in [0, 0.05) is 0 Å². The van der Waals surface area contributed by atoms with Gasteiger partial charge in [0.2, 0.25) is 0 Å². The maximum atomic E-state index is 6.19. The Bertz CT molecular complexity index is 1380. The highest BCUT2D eigenvalue weighted by molar-refractivity contribution is 5.86. The largest absolute Gasteiger partial charge is 0.494 e. The molecule has 6 heteroatoms. The van der Waals surface area contributed by atoms with Crippen LogP contribution in [0.25, 0.3) is 21.5 Å². The summed E-state index contributed by atoms with van der Waals surface area (Å²) in [6.45, 7) is 5.66. The molecule has 2 aliphatic heterocycles. The standard InChI is InChI=1S/C32H34O6/c1-22(38-30-12-8-25-16-29(11-7-26(25)17-30)35-19-32-21-37-32)4-2-3-13-33-27-9-5-24-15-28(10-6-23(24)14-27)34-18-31-20-36-31/h5-12,14-17,22,31-32H,2-4,13,18-21H2,1H3. The number of ether oxygens (including phenoxy) is 6.